The van der Waals surface area contributed by atoms with E-state index in [1.165, 1.54) is 22.1 Å². The highest BCUT2D eigenvalue weighted by Crippen LogP contribution is 2.27. The fourth-order valence-electron chi connectivity index (χ4n) is 2.76. The molecule has 3 aromatic rings. The van der Waals surface area contributed by atoms with Crippen LogP contribution in [0.4, 0.5) is 0 Å². The topological polar surface area (TPSA) is 56.2 Å². The Bertz CT molecular complexity index is 784. The first kappa shape index (κ1) is 12.1. The first-order valence-corrected chi connectivity index (χ1v) is 6.50. The van der Waals surface area contributed by atoms with Crippen LogP contribution >= 0.6 is 0 Å². The van der Waals surface area contributed by atoms with Gasteiger partial charge in [-0.3, -0.25) is 4.40 Å². The summed E-state index contributed by atoms with van der Waals surface area (Å²) >= 11 is 0. The van der Waals surface area contributed by atoms with Crippen molar-refractivity contribution in [3.8, 4) is 0 Å². The third-order valence-electron chi connectivity index (χ3n) is 3.56. The molecule has 0 aliphatic carbocycles. The van der Waals surface area contributed by atoms with E-state index in [-0.39, 0.29) is 6.04 Å². The highest BCUT2D eigenvalue weighted by molar-refractivity contribution is 5.88. The number of rotatable bonds is 1. The molecule has 1 atom stereocenters. The predicted octanol–water partition coefficient (Wildman–Crippen LogP) is 2.83. The highest BCUT2D eigenvalue weighted by atomic mass is 15.3. The summed E-state index contributed by atoms with van der Waals surface area (Å²) in [7, 11) is 0. The van der Waals surface area contributed by atoms with Crippen LogP contribution < -0.4 is 5.73 Å². The molecule has 2 heterocycles. The van der Waals surface area contributed by atoms with Crippen LogP contribution in [-0.4, -0.2) is 14.6 Å². The van der Waals surface area contributed by atoms with Crippen molar-refractivity contribution in [2.45, 2.75) is 33.7 Å². The minimum atomic E-state index is -0.137. The van der Waals surface area contributed by atoms with Gasteiger partial charge in [-0.2, -0.15) is 0 Å². The number of hydrogen-bond acceptors (Lipinski definition) is 3. The monoisotopic (exact) mass is 254 g/mol. The van der Waals surface area contributed by atoms with Crippen molar-refractivity contribution in [3.05, 3.63) is 40.7 Å². The van der Waals surface area contributed by atoms with Crippen molar-refractivity contribution in [3.63, 3.8) is 0 Å². The van der Waals surface area contributed by atoms with Crippen LogP contribution in [-0.2, 0) is 0 Å². The van der Waals surface area contributed by atoms with Gasteiger partial charge in [0.15, 0.2) is 11.5 Å². The predicted molar refractivity (Wildman–Crippen MR) is 77.3 cm³/mol. The second-order valence-electron chi connectivity index (χ2n) is 5.35. The minimum absolute atomic E-state index is 0.137. The van der Waals surface area contributed by atoms with Gasteiger partial charge in [0.25, 0.3) is 0 Å². The van der Waals surface area contributed by atoms with Crippen molar-refractivity contribution in [1.29, 1.82) is 0 Å². The maximum absolute atomic E-state index is 6.01. The van der Waals surface area contributed by atoms with E-state index in [1.54, 1.807) is 0 Å². The zero-order valence-corrected chi connectivity index (χ0v) is 11.7. The molecule has 0 aliphatic rings. The molecule has 0 spiro atoms. The lowest BCUT2D eigenvalue weighted by atomic mass is 10.0. The maximum Gasteiger partial charge on any atom is 0.161 e. The van der Waals surface area contributed by atoms with Gasteiger partial charge in [-0.1, -0.05) is 11.6 Å². The van der Waals surface area contributed by atoms with E-state index in [0.717, 1.165) is 17.0 Å². The zero-order valence-electron chi connectivity index (χ0n) is 11.7. The van der Waals surface area contributed by atoms with E-state index in [9.17, 15) is 0 Å². The summed E-state index contributed by atoms with van der Waals surface area (Å²) in [6, 6.07) is 6.33. The molecule has 4 nitrogen and oxygen atoms in total. The number of aromatic nitrogens is 3. The maximum atomic E-state index is 6.01. The van der Waals surface area contributed by atoms with Gasteiger partial charge in [0.05, 0.1) is 11.6 Å². The average molecular weight is 254 g/mol. The van der Waals surface area contributed by atoms with Gasteiger partial charge < -0.3 is 5.73 Å². The number of aryl methyl sites for hydroxylation is 3. The fourth-order valence-corrected chi connectivity index (χ4v) is 2.76. The van der Waals surface area contributed by atoms with Crippen LogP contribution in [0.15, 0.2) is 18.2 Å². The van der Waals surface area contributed by atoms with Crippen molar-refractivity contribution in [1.82, 2.24) is 14.6 Å². The number of nitrogens with zero attached hydrogens (tertiary/aromatic N) is 3. The van der Waals surface area contributed by atoms with Gasteiger partial charge in [-0.25, -0.2) is 0 Å². The standard InChI is InChI=1S/C15H18N4/c1-8-5-10(3)14-12(6-8)9(2)7-13-17-18-15(11(4)16)19(13)14/h5-7,11H,16H2,1-4H3. The van der Waals surface area contributed by atoms with Crippen LogP contribution in [0.3, 0.4) is 0 Å². The van der Waals surface area contributed by atoms with E-state index >= 15 is 0 Å². The summed E-state index contributed by atoms with van der Waals surface area (Å²) in [4.78, 5) is 0. The third-order valence-corrected chi connectivity index (χ3v) is 3.56. The summed E-state index contributed by atoms with van der Waals surface area (Å²) in [6.45, 7) is 8.29. The second-order valence-corrected chi connectivity index (χ2v) is 5.35. The summed E-state index contributed by atoms with van der Waals surface area (Å²) < 4.78 is 2.09. The Morgan fingerprint density at radius 2 is 1.79 bits per heavy atom. The zero-order chi connectivity index (χ0) is 13.7. The lowest BCUT2D eigenvalue weighted by molar-refractivity contribution is 0.732. The lowest BCUT2D eigenvalue weighted by Gasteiger charge is -2.12. The molecule has 0 bridgehead atoms. The quantitative estimate of drug-likeness (QED) is 0.726. The van der Waals surface area contributed by atoms with E-state index in [1.807, 2.05) is 6.92 Å². The molecule has 2 aromatic heterocycles. The Morgan fingerprint density at radius 3 is 2.47 bits per heavy atom. The van der Waals surface area contributed by atoms with Crippen LogP contribution in [0.2, 0.25) is 0 Å². The third kappa shape index (κ3) is 1.71. The average Bonchev–Trinajstić information content (AvgIpc) is 2.72. The fraction of sp³-hybridized carbons (Fsp3) is 0.333. The molecule has 2 N–H and O–H groups in total. The van der Waals surface area contributed by atoms with E-state index in [4.69, 9.17) is 5.73 Å². The number of fused-ring (bicyclic) bond motifs is 3. The highest BCUT2D eigenvalue weighted by Gasteiger charge is 2.15. The summed E-state index contributed by atoms with van der Waals surface area (Å²) in [5.74, 6) is 0.812. The molecule has 0 amide bonds. The Balaban J connectivity index is 2.59. The van der Waals surface area contributed by atoms with Crippen LogP contribution in [0.25, 0.3) is 16.6 Å². The van der Waals surface area contributed by atoms with Crippen molar-refractivity contribution >= 4 is 16.6 Å². The molecule has 0 fully saturated rings. The van der Waals surface area contributed by atoms with Crippen LogP contribution in [0, 0.1) is 20.8 Å². The summed E-state index contributed by atoms with van der Waals surface area (Å²) in [6.07, 6.45) is 0. The van der Waals surface area contributed by atoms with Crippen LogP contribution in [0.5, 0.6) is 0 Å². The smallest absolute Gasteiger partial charge is 0.161 e. The Labute approximate surface area is 112 Å². The van der Waals surface area contributed by atoms with Gasteiger partial charge in [0, 0.05) is 5.39 Å². The molecule has 0 aliphatic heterocycles. The molecular weight excluding hydrogens is 236 g/mol. The van der Waals surface area contributed by atoms with E-state index < -0.39 is 0 Å². The largest absolute Gasteiger partial charge is 0.322 e. The van der Waals surface area contributed by atoms with Crippen molar-refractivity contribution in [2.24, 2.45) is 5.73 Å². The lowest BCUT2D eigenvalue weighted by Crippen LogP contribution is -2.10. The molecule has 98 valence electrons. The SMILES string of the molecule is Cc1cc(C)c2c(c1)c(C)cc1nnc(C(C)N)n12. The van der Waals surface area contributed by atoms with Crippen LogP contribution in [0.1, 0.15) is 35.5 Å². The summed E-state index contributed by atoms with van der Waals surface area (Å²) in [5.41, 5.74) is 11.8. The molecule has 0 radical (unpaired) electrons. The van der Waals surface area contributed by atoms with Crippen molar-refractivity contribution in [2.75, 3.05) is 0 Å². The number of hydrogen-bond donors (Lipinski definition) is 1. The second kappa shape index (κ2) is 4.03. The molecule has 1 aromatic carbocycles. The Morgan fingerprint density at radius 1 is 1.05 bits per heavy atom. The number of nitrogens with two attached hydrogens (primary N) is 1. The first-order chi connectivity index (χ1) is 8.99. The van der Waals surface area contributed by atoms with Crippen molar-refractivity contribution < 1.29 is 0 Å². The van der Waals surface area contributed by atoms with E-state index in [2.05, 4.69) is 53.6 Å². The molecule has 3 rings (SSSR count). The number of benzene rings is 1. The van der Waals surface area contributed by atoms with Gasteiger partial charge >= 0.3 is 0 Å². The molecular formula is C15H18N4. The molecule has 1 unspecified atom stereocenters. The minimum Gasteiger partial charge on any atom is -0.322 e. The Hall–Kier alpha value is -1.94. The molecule has 0 saturated carbocycles. The molecule has 0 saturated heterocycles. The normalized spacial score (nSPS) is 13.3. The number of pyridine rings is 1. The first-order valence-electron chi connectivity index (χ1n) is 6.50. The van der Waals surface area contributed by atoms with Gasteiger partial charge in [0.2, 0.25) is 0 Å². The summed E-state index contributed by atoms with van der Waals surface area (Å²) in [5, 5.41) is 9.73. The van der Waals surface area contributed by atoms with Gasteiger partial charge in [-0.05, 0) is 51.0 Å². The van der Waals surface area contributed by atoms with Gasteiger partial charge in [0.1, 0.15) is 0 Å². The molecule has 19 heavy (non-hydrogen) atoms. The Kier molecular flexibility index (Phi) is 2.57. The molecule has 4 heteroatoms. The van der Waals surface area contributed by atoms with Gasteiger partial charge in [-0.15, -0.1) is 10.2 Å². The van der Waals surface area contributed by atoms with E-state index in [0.29, 0.717) is 0 Å².